The number of hydrogen-bond donors (Lipinski definition) is 0. The first kappa shape index (κ1) is 20.1. The van der Waals surface area contributed by atoms with Crippen molar-refractivity contribution in [2.24, 2.45) is 0 Å². The molecule has 0 bridgehead atoms. The van der Waals surface area contributed by atoms with Crippen LogP contribution in [-0.4, -0.2) is 44.2 Å². The predicted molar refractivity (Wildman–Crippen MR) is 103 cm³/mol. The van der Waals surface area contributed by atoms with Crippen LogP contribution < -0.4 is 0 Å². The second-order valence-electron chi connectivity index (χ2n) is 6.60. The Bertz CT molecular complexity index is 879. The van der Waals surface area contributed by atoms with Crippen molar-refractivity contribution in [3.8, 4) is 0 Å². The van der Waals surface area contributed by atoms with Crippen LogP contribution in [0.5, 0.6) is 0 Å². The minimum absolute atomic E-state index is 0.138. The summed E-state index contributed by atoms with van der Waals surface area (Å²) < 4.78 is 26.6. The summed E-state index contributed by atoms with van der Waals surface area (Å²) in [6.45, 7) is 5.52. The Hall–Kier alpha value is -2.18. The molecule has 0 heterocycles. The minimum Gasteiger partial charge on any atom is -0.338 e. The number of benzene rings is 2. The Morgan fingerprint density at radius 3 is 2.19 bits per heavy atom. The molecule has 0 N–H and O–H groups in total. The molecule has 0 unspecified atom stereocenters. The third-order valence-electron chi connectivity index (χ3n) is 4.80. The summed E-state index contributed by atoms with van der Waals surface area (Å²) in [5, 5.41) is 0. The Labute approximate surface area is 156 Å². The van der Waals surface area contributed by atoms with Crippen LogP contribution >= 0.6 is 0 Å². The first-order valence-corrected chi connectivity index (χ1v) is 9.92. The Morgan fingerprint density at radius 1 is 1.00 bits per heavy atom. The number of sulfonamides is 1. The molecule has 2 aromatic rings. The molecule has 0 saturated carbocycles. The molecule has 6 heteroatoms. The van der Waals surface area contributed by atoms with Gasteiger partial charge in [0, 0.05) is 14.1 Å². The molecular formula is C20H26N2O3S. The highest BCUT2D eigenvalue weighted by molar-refractivity contribution is 7.89. The van der Waals surface area contributed by atoms with Gasteiger partial charge in [-0.15, -0.1) is 0 Å². The lowest BCUT2D eigenvalue weighted by molar-refractivity contribution is -0.131. The number of rotatable bonds is 6. The van der Waals surface area contributed by atoms with Crippen LogP contribution in [0.1, 0.15) is 29.7 Å². The molecule has 0 aromatic heterocycles. The van der Waals surface area contributed by atoms with E-state index in [1.807, 2.05) is 51.1 Å². The van der Waals surface area contributed by atoms with Crippen LogP contribution in [0.25, 0.3) is 0 Å². The normalized spacial score (nSPS) is 12.8. The van der Waals surface area contributed by atoms with E-state index in [-0.39, 0.29) is 23.4 Å². The maximum Gasteiger partial charge on any atom is 0.243 e. The van der Waals surface area contributed by atoms with E-state index in [0.29, 0.717) is 0 Å². The third kappa shape index (κ3) is 4.31. The van der Waals surface area contributed by atoms with Gasteiger partial charge < -0.3 is 4.90 Å². The van der Waals surface area contributed by atoms with Gasteiger partial charge in [-0.05, 0) is 49.6 Å². The molecular weight excluding hydrogens is 348 g/mol. The molecule has 0 spiro atoms. The maximum atomic E-state index is 12.7. The van der Waals surface area contributed by atoms with Crippen molar-refractivity contribution in [3.63, 3.8) is 0 Å². The molecule has 0 aliphatic carbocycles. The standard InChI is InChI=1S/C20H26N2O3S/c1-15-11-12-19(13-16(15)2)26(24,25)21(4)14-20(23)22(5)17(3)18-9-7-6-8-10-18/h6-13,17H,14H2,1-5H3/t17-/m0/s1. The van der Waals surface area contributed by atoms with E-state index in [1.165, 1.54) is 7.05 Å². The molecule has 2 rings (SSSR count). The first-order chi connectivity index (χ1) is 12.1. The molecule has 5 nitrogen and oxygen atoms in total. The average molecular weight is 375 g/mol. The van der Waals surface area contributed by atoms with E-state index in [1.54, 1.807) is 30.1 Å². The van der Waals surface area contributed by atoms with Gasteiger partial charge in [-0.1, -0.05) is 36.4 Å². The van der Waals surface area contributed by atoms with E-state index >= 15 is 0 Å². The summed E-state index contributed by atoms with van der Waals surface area (Å²) in [4.78, 5) is 14.4. The zero-order chi connectivity index (χ0) is 19.5. The predicted octanol–water partition coefficient (Wildman–Crippen LogP) is 3.14. The molecule has 140 valence electrons. The van der Waals surface area contributed by atoms with Gasteiger partial charge in [0.05, 0.1) is 17.5 Å². The largest absolute Gasteiger partial charge is 0.338 e. The quantitative estimate of drug-likeness (QED) is 0.780. The summed E-state index contributed by atoms with van der Waals surface area (Å²) >= 11 is 0. The Kier molecular flexibility index (Phi) is 6.21. The minimum atomic E-state index is -3.71. The fraction of sp³-hybridized carbons (Fsp3) is 0.350. The molecule has 0 saturated heterocycles. The summed E-state index contributed by atoms with van der Waals surface area (Å²) in [6.07, 6.45) is 0. The van der Waals surface area contributed by atoms with E-state index < -0.39 is 10.0 Å². The van der Waals surface area contributed by atoms with Gasteiger partial charge in [-0.3, -0.25) is 4.79 Å². The molecule has 0 radical (unpaired) electrons. The number of hydrogen-bond acceptors (Lipinski definition) is 3. The van der Waals surface area contributed by atoms with Crippen LogP contribution in [0.15, 0.2) is 53.4 Å². The summed E-state index contributed by atoms with van der Waals surface area (Å²) in [6, 6.07) is 14.5. The zero-order valence-corrected chi connectivity index (χ0v) is 16.7. The third-order valence-corrected chi connectivity index (χ3v) is 6.60. The van der Waals surface area contributed by atoms with Gasteiger partial charge in [0.25, 0.3) is 0 Å². The second kappa shape index (κ2) is 8.01. The van der Waals surface area contributed by atoms with Crippen molar-refractivity contribution >= 4 is 15.9 Å². The molecule has 0 aliphatic heterocycles. The van der Waals surface area contributed by atoms with Crippen LogP contribution in [0.4, 0.5) is 0 Å². The van der Waals surface area contributed by atoms with Gasteiger partial charge in [0.2, 0.25) is 15.9 Å². The van der Waals surface area contributed by atoms with Crippen LogP contribution in [-0.2, 0) is 14.8 Å². The van der Waals surface area contributed by atoms with Gasteiger partial charge in [-0.2, -0.15) is 4.31 Å². The van der Waals surface area contributed by atoms with Crippen LogP contribution in [0.3, 0.4) is 0 Å². The highest BCUT2D eigenvalue weighted by atomic mass is 32.2. The van der Waals surface area contributed by atoms with Crippen molar-refractivity contribution in [2.45, 2.75) is 31.7 Å². The number of amides is 1. The van der Waals surface area contributed by atoms with E-state index in [9.17, 15) is 13.2 Å². The van der Waals surface area contributed by atoms with Gasteiger partial charge in [0.15, 0.2) is 0 Å². The van der Waals surface area contributed by atoms with Gasteiger partial charge in [0.1, 0.15) is 0 Å². The van der Waals surface area contributed by atoms with E-state index in [2.05, 4.69) is 0 Å². The summed E-state index contributed by atoms with van der Waals surface area (Å²) in [5.74, 6) is -0.253. The lowest BCUT2D eigenvalue weighted by Gasteiger charge is -2.27. The van der Waals surface area contributed by atoms with Crippen LogP contribution in [0.2, 0.25) is 0 Å². The molecule has 0 fully saturated rings. The summed E-state index contributed by atoms with van der Waals surface area (Å²) in [5.41, 5.74) is 2.93. The lowest BCUT2D eigenvalue weighted by Crippen LogP contribution is -2.40. The maximum absolute atomic E-state index is 12.7. The van der Waals surface area contributed by atoms with Crippen LogP contribution in [0, 0.1) is 13.8 Å². The van der Waals surface area contributed by atoms with Crippen molar-refractivity contribution in [3.05, 3.63) is 65.2 Å². The molecule has 0 aliphatic rings. The second-order valence-corrected chi connectivity index (χ2v) is 8.64. The fourth-order valence-corrected chi connectivity index (χ4v) is 3.82. The van der Waals surface area contributed by atoms with Crippen molar-refractivity contribution in [2.75, 3.05) is 20.6 Å². The summed E-state index contributed by atoms with van der Waals surface area (Å²) in [7, 11) is -0.586. The topological polar surface area (TPSA) is 57.7 Å². The average Bonchev–Trinajstić information content (AvgIpc) is 2.63. The Balaban J connectivity index is 2.13. The van der Waals surface area contributed by atoms with E-state index in [0.717, 1.165) is 21.0 Å². The van der Waals surface area contributed by atoms with Crippen molar-refractivity contribution < 1.29 is 13.2 Å². The van der Waals surface area contributed by atoms with Gasteiger partial charge in [-0.25, -0.2) is 8.42 Å². The molecule has 2 aromatic carbocycles. The van der Waals surface area contributed by atoms with Crippen molar-refractivity contribution in [1.82, 2.24) is 9.21 Å². The number of aryl methyl sites for hydroxylation is 2. The number of carbonyl (C=O) groups is 1. The van der Waals surface area contributed by atoms with E-state index in [4.69, 9.17) is 0 Å². The molecule has 1 atom stereocenters. The highest BCUT2D eigenvalue weighted by Gasteiger charge is 2.26. The SMILES string of the molecule is Cc1ccc(S(=O)(=O)N(C)CC(=O)N(C)[C@@H](C)c2ccccc2)cc1C. The zero-order valence-electron chi connectivity index (χ0n) is 15.9. The smallest absolute Gasteiger partial charge is 0.243 e. The fourth-order valence-electron chi connectivity index (χ4n) is 2.61. The first-order valence-electron chi connectivity index (χ1n) is 8.48. The molecule has 26 heavy (non-hydrogen) atoms. The number of likely N-dealkylation sites (N-methyl/N-ethyl adjacent to an activating group) is 2. The monoisotopic (exact) mass is 374 g/mol. The number of nitrogens with zero attached hydrogens (tertiary/aromatic N) is 2. The van der Waals surface area contributed by atoms with Gasteiger partial charge >= 0.3 is 0 Å². The Morgan fingerprint density at radius 2 is 1.62 bits per heavy atom. The van der Waals surface area contributed by atoms with Crippen molar-refractivity contribution in [1.29, 1.82) is 0 Å². The highest BCUT2D eigenvalue weighted by Crippen LogP contribution is 2.21. The number of carbonyl (C=O) groups excluding carboxylic acids is 1. The molecule has 1 amide bonds. The lowest BCUT2D eigenvalue weighted by atomic mass is 10.1.